The Balaban J connectivity index is 1.63. The molecule has 0 atom stereocenters. The number of nitrogens with one attached hydrogen (secondary N) is 1. The van der Waals surface area contributed by atoms with Crippen LogP contribution in [0.15, 0.2) is 18.3 Å². The van der Waals surface area contributed by atoms with Gasteiger partial charge in [-0.15, -0.1) is 0 Å². The van der Waals surface area contributed by atoms with Crippen molar-refractivity contribution < 1.29 is 14.3 Å². The summed E-state index contributed by atoms with van der Waals surface area (Å²) in [5.74, 6) is 1.47. The van der Waals surface area contributed by atoms with Crippen molar-refractivity contribution in [3.63, 3.8) is 0 Å². The SMILES string of the molecule is COc1cc2c(cc1OC)CC(=O)N(CCCN1CCNCC1)C=C2. The summed E-state index contributed by atoms with van der Waals surface area (Å²) < 4.78 is 10.7. The van der Waals surface area contributed by atoms with Gasteiger partial charge in [0.1, 0.15) is 0 Å². The minimum absolute atomic E-state index is 0.127. The molecule has 1 saturated heterocycles. The quantitative estimate of drug-likeness (QED) is 0.844. The molecule has 0 radical (unpaired) electrons. The summed E-state index contributed by atoms with van der Waals surface area (Å²) in [5.41, 5.74) is 1.99. The molecule has 2 heterocycles. The fraction of sp³-hybridized carbons (Fsp3) is 0.526. The van der Waals surface area contributed by atoms with E-state index in [2.05, 4.69) is 10.2 Å². The van der Waals surface area contributed by atoms with Gasteiger partial charge in [0.05, 0.1) is 20.6 Å². The third-order valence-corrected chi connectivity index (χ3v) is 4.82. The van der Waals surface area contributed by atoms with Crippen molar-refractivity contribution in [3.05, 3.63) is 29.5 Å². The first kappa shape index (κ1) is 17.8. The van der Waals surface area contributed by atoms with Crippen molar-refractivity contribution in [2.24, 2.45) is 0 Å². The largest absolute Gasteiger partial charge is 0.493 e. The third-order valence-electron chi connectivity index (χ3n) is 4.82. The summed E-state index contributed by atoms with van der Waals surface area (Å²) in [6.07, 6.45) is 5.26. The van der Waals surface area contributed by atoms with Crippen LogP contribution in [0.5, 0.6) is 11.5 Å². The van der Waals surface area contributed by atoms with E-state index in [0.29, 0.717) is 17.9 Å². The fourth-order valence-electron chi connectivity index (χ4n) is 3.36. The number of carbonyl (C=O) groups is 1. The Labute approximate surface area is 149 Å². The van der Waals surface area contributed by atoms with Crippen LogP contribution < -0.4 is 14.8 Å². The van der Waals surface area contributed by atoms with Crippen molar-refractivity contribution in [1.29, 1.82) is 0 Å². The standard InChI is InChI=1S/C19H27N3O3/c1-24-17-12-15-4-9-22(8-3-7-21-10-5-20-6-11-21)19(23)14-16(15)13-18(17)25-2/h4,9,12-13,20H,3,5-8,10-11,14H2,1-2H3. The molecule has 1 aromatic carbocycles. The summed E-state index contributed by atoms with van der Waals surface area (Å²) >= 11 is 0. The molecule has 0 saturated carbocycles. The molecule has 136 valence electrons. The van der Waals surface area contributed by atoms with Crippen LogP contribution in [0.4, 0.5) is 0 Å². The highest BCUT2D eigenvalue weighted by molar-refractivity contribution is 5.84. The van der Waals surface area contributed by atoms with Crippen LogP contribution in [0.2, 0.25) is 0 Å². The van der Waals surface area contributed by atoms with Crippen molar-refractivity contribution in [2.45, 2.75) is 12.8 Å². The lowest BCUT2D eigenvalue weighted by Gasteiger charge is -2.28. The Morgan fingerprint density at radius 3 is 2.52 bits per heavy atom. The van der Waals surface area contributed by atoms with Crippen molar-refractivity contribution in [3.8, 4) is 11.5 Å². The molecule has 1 amide bonds. The molecular formula is C19H27N3O3. The van der Waals surface area contributed by atoms with Crippen LogP contribution in [0.1, 0.15) is 17.5 Å². The van der Waals surface area contributed by atoms with Gasteiger partial charge in [-0.05, 0) is 42.3 Å². The van der Waals surface area contributed by atoms with Gasteiger partial charge >= 0.3 is 0 Å². The summed E-state index contributed by atoms with van der Waals surface area (Å²) in [6, 6.07) is 3.84. The molecule has 6 nitrogen and oxygen atoms in total. The molecule has 1 fully saturated rings. The predicted octanol–water partition coefficient (Wildman–Crippen LogP) is 1.35. The van der Waals surface area contributed by atoms with Crippen molar-refractivity contribution in [1.82, 2.24) is 15.1 Å². The van der Waals surface area contributed by atoms with E-state index >= 15 is 0 Å². The summed E-state index contributed by atoms with van der Waals surface area (Å²) in [4.78, 5) is 16.9. The minimum Gasteiger partial charge on any atom is -0.493 e. The van der Waals surface area contributed by atoms with E-state index in [0.717, 1.165) is 56.8 Å². The smallest absolute Gasteiger partial charge is 0.230 e. The number of benzene rings is 1. The van der Waals surface area contributed by atoms with E-state index in [9.17, 15) is 4.79 Å². The zero-order valence-corrected chi connectivity index (χ0v) is 15.1. The molecule has 2 aliphatic rings. The van der Waals surface area contributed by atoms with E-state index in [1.807, 2.05) is 29.3 Å². The second-order valence-corrected chi connectivity index (χ2v) is 6.43. The van der Waals surface area contributed by atoms with Gasteiger partial charge in [-0.3, -0.25) is 4.79 Å². The number of hydrogen-bond donors (Lipinski definition) is 1. The monoisotopic (exact) mass is 345 g/mol. The predicted molar refractivity (Wildman–Crippen MR) is 97.9 cm³/mol. The van der Waals surface area contributed by atoms with E-state index in [1.165, 1.54) is 0 Å². The first-order valence-electron chi connectivity index (χ1n) is 8.87. The number of piperazine rings is 1. The number of fused-ring (bicyclic) bond motifs is 1. The number of methoxy groups -OCH3 is 2. The lowest BCUT2D eigenvalue weighted by Crippen LogP contribution is -2.44. The Hall–Kier alpha value is -2.05. The molecule has 0 unspecified atom stereocenters. The second kappa shape index (κ2) is 8.36. The summed E-state index contributed by atoms with van der Waals surface area (Å²) in [6.45, 7) is 6.09. The Kier molecular flexibility index (Phi) is 5.94. The maximum atomic E-state index is 12.6. The lowest BCUT2D eigenvalue weighted by molar-refractivity contribution is -0.127. The molecule has 0 aromatic heterocycles. The normalized spacial score (nSPS) is 18.0. The van der Waals surface area contributed by atoms with Crippen molar-refractivity contribution >= 4 is 12.0 Å². The Bertz CT molecular complexity index is 639. The first-order chi connectivity index (χ1) is 12.2. The van der Waals surface area contributed by atoms with E-state index in [4.69, 9.17) is 9.47 Å². The van der Waals surface area contributed by atoms with Gasteiger partial charge in [0.25, 0.3) is 0 Å². The van der Waals surface area contributed by atoms with Gasteiger partial charge in [-0.1, -0.05) is 0 Å². The average Bonchev–Trinajstić information content (AvgIpc) is 2.79. The number of nitrogens with zero attached hydrogens (tertiary/aromatic N) is 2. The number of ether oxygens (including phenoxy) is 2. The molecule has 0 bridgehead atoms. The van der Waals surface area contributed by atoms with Gasteiger partial charge in [0.2, 0.25) is 5.91 Å². The second-order valence-electron chi connectivity index (χ2n) is 6.43. The highest BCUT2D eigenvalue weighted by Crippen LogP contribution is 2.32. The molecule has 25 heavy (non-hydrogen) atoms. The fourth-order valence-corrected chi connectivity index (χ4v) is 3.36. The number of rotatable bonds is 6. The zero-order valence-electron chi connectivity index (χ0n) is 15.1. The Morgan fingerprint density at radius 1 is 1.08 bits per heavy atom. The average molecular weight is 345 g/mol. The first-order valence-corrected chi connectivity index (χ1v) is 8.87. The van der Waals surface area contributed by atoms with Crippen LogP contribution in [-0.2, 0) is 11.2 Å². The van der Waals surface area contributed by atoms with Crippen LogP contribution in [0.3, 0.4) is 0 Å². The molecule has 0 spiro atoms. The van der Waals surface area contributed by atoms with Crippen LogP contribution in [0.25, 0.3) is 6.08 Å². The minimum atomic E-state index is 0.127. The maximum absolute atomic E-state index is 12.6. The van der Waals surface area contributed by atoms with Gasteiger partial charge in [0.15, 0.2) is 11.5 Å². The highest BCUT2D eigenvalue weighted by atomic mass is 16.5. The Morgan fingerprint density at radius 2 is 1.80 bits per heavy atom. The van der Waals surface area contributed by atoms with Crippen LogP contribution in [0, 0.1) is 0 Å². The molecule has 3 rings (SSSR count). The van der Waals surface area contributed by atoms with E-state index < -0.39 is 0 Å². The summed E-state index contributed by atoms with van der Waals surface area (Å²) in [7, 11) is 3.24. The molecule has 0 aliphatic carbocycles. The molecular weight excluding hydrogens is 318 g/mol. The van der Waals surface area contributed by atoms with Gasteiger partial charge < -0.3 is 24.6 Å². The zero-order chi connectivity index (χ0) is 17.6. The van der Waals surface area contributed by atoms with Crippen LogP contribution in [-0.4, -0.2) is 69.2 Å². The molecule has 6 heteroatoms. The molecule has 2 aliphatic heterocycles. The lowest BCUT2D eigenvalue weighted by atomic mass is 10.0. The number of carbonyl (C=O) groups excluding carboxylic acids is 1. The number of hydrogen-bond acceptors (Lipinski definition) is 5. The van der Waals surface area contributed by atoms with Gasteiger partial charge in [-0.25, -0.2) is 0 Å². The third kappa shape index (κ3) is 4.32. The van der Waals surface area contributed by atoms with Gasteiger partial charge in [0, 0.05) is 38.9 Å². The summed E-state index contributed by atoms with van der Waals surface area (Å²) in [5, 5.41) is 3.36. The van der Waals surface area contributed by atoms with E-state index in [-0.39, 0.29) is 5.91 Å². The van der Waals surface area contributed by atoms with Crippen LogP contribution >= 0.6 is 0 Å². The maximum Gasteiger partial charge on any atom is 0.230 e. The molecule has 1 aromatic rings. The number of amides is 1. The van der Waals surface area contributed by atoms with Crippen molar-refractivity contribution in [2.75, 3.05) is 53.5 Å². The highest BCUT2D eigenvalue weighted by Gasteiger charge is 2.19. The van der Waals surface area contributed by atoms with E-state index in [1.54, 1.807) is 14.2 Å². The van der Waals surface area contributed by atoms with Gasteiger partial charge in [-0.2, -0.15) is 0 Å². The molecule has 1 N–H and O–H groups in total. The topological polar surface area (TPSA) is 54.0 Å².